The van der Waals surface area contributed by atoms with Gasteiger partial charge in [0.2, 0.25) is 5.91 Å². The molecule has 1 aromatic heterocycles. The summed E-state index contributed by atoms with van der Waals surface area (Å²) in [6, 6.07) is 0.0898. The van der Waals surface area contributed by atoms with Crippen molar-refractivity contribution < 1.29 is 14.3 Å². The molecule has 1 aromatic rings. The number of hydrogen-bond acceptors (Lipinski definition) is 5. The first kappa shape index (κ1) is 20.2. The number of hydrogen-bond donors (Lipinski definition) is 2. The number of anilines is 1. The number of carbonyl (C=O) groups excluding carboxylic acids is 2. The summed E-state index contributed by atoms with van der Waals surface area (Å²) in [5, 5.41) is 10.2. The lowest BCUT2D eigenvalue weighted by molar-refractivity contribution is -0.117. The molecule has 0 saturated carbocycles. The number of alkyl carbamates (subject to hydrolysis) is 1. The number of nitrogens with one attached hydrogen (secondary N) is 2. The van der Waals surface area contributed by atoms with Crippen LogP contribution in [-0.4, -0.2) is 58.0 Å². The van der Waals surface area contributed by atoms with Crippen LogP contribution < -0.4 is 10.6 Å². The van der Waals surface area contributed by atoms with Gasteiger partial charge in [-0.15, -0.1) is 0 Å². The third-order valence-electron chi connectivity index (χ3n) is 4.45. The van der Waals surface area contributed by atoms with E-state index in [1.807, 2.05) is 41.7 Å². The summed E-state index contributed by atoms with van der Waals surface area (Å²) in [6.45, 7) is 11.2. The lowest BCUT2D eigenvalue weighted by atomic mass is 10.1. The lowest BCUT2D eigenvalue weighted by Gasteiger charge is -2.32. The second-order valence-electron chi connectivity index (χ2n) is 7.91. The van der Waals surface area contributed by atoms with Crippen LogP contribution in [0.3, 0.4) is 0 Å². The van der Waals surface area contributed by atoms with Gasteiger partial charge in [0.15, 0.2) is 0 Å². The van der Waals surface area contributed by atoms with Crippen molar-refractivity contribution in [2.24, 2.45) is 7.05 Å². The van der Waals surface area contributed by atoms with Gasteiger partial charge in [0.1, 0.15) is 5.60 Å². The number of carbonyl (C=O) groups is 2. The summed E-state index contributed by atoms with van der Waals surface area (Å²) in [5.41, 5.74) is 2.06. The molecule has 8 nitrogen and oxygen atoms in total. The molecule has 26 heavy (non-hydrogen) atoms. The van der Waals surface area contributed by atoms with Gasteiger partial charge < -0.3 is 15.4 Å². The molecule has 1 aliphatic heterocycles. The molecule has 1 saturated heterocycles. The van der Waals surface area contributed by atoms with Crippen LogP contribution in [0.4, 0.5) is 10.5 Å². The Morgan fingerprint density at radius 2 is 1.85 bits per heavy atom. The fraction of sp³-hybridized carbons (Fsp3) is 0.722. The largest absolute Gasteiger partial charge is 0.444 e. The molecule has 0 aromatic carbocycles. The standard InChI is InChI=1S/C18H31N5O3/c1-12-16(13(2)22(6)21-12)20-15(24)11-23-9-7-14(8-10-23)19-17(25)26-18(3,4)5/h14H,7-11H2,1-6H3,(H,19,25)(H,20,24). The van der Waals surface area contributed by atoms with Crippen molar-refractivity contribution in [2.45, 2.75) is 59.1 Å². The molecule has 1 aliphatic rings. The highest BCUT2D eigenvalue weighted by Gasteiger charge is 2.24. The Morgan fingerprint density at radius 1 is 1.23 bits per heavy atom. The highest BCUT2D eigenvalue weighted by Crippen LogP contribution is 2.18. The molecule has 1 fully saturated rings. The predicted molar refractivity (Wildman–Crippen MR) is 100 cm³/mol. The molecule has 0 radical (unpaired) electrons. The Labute approximate surface area is 155 Å². The number of piperidine rings is 1. The second kappa shape index (κ2) is 8.07. The van der Waals surface area contributed by atoms with E-state index in [2.05, 4.69) is 20.6 Å². The van der Waals surface area contributed by atoms with E-state index in [4.69, 9.17) is 4.74 Å². The zero-order valence-electron chi connectivity index (χ0n) is 16.7. The summed E-state index contributed by atoms with van der Waals surface area (Å²) >= 11 is 0. The molecule has 2 rings (SSSR count). The van der Waals surface area contributed by atoms with E-state index in [0.29, 0.717) is 6.54 Å². The smallest absolute Gasteiger partial charge is 0.407 e. The first-order chi connectivity index (χ1) is 12.0. The Morgan fingerprint density at radius 3 is 2.35 bits per heavy atom. The van der Waals surface area contributed by atoms with Crippen molar-refractivity contribution in [1.29, 1.82) is 0 Å². The van der Waals surface area contributed by atoms with Crippen LogP contribution in [0.15, 0.2) is 0 Å². The van der Waals surface area contributed by atoms with Gasteiger partial charge >= 0.3 is 6.09 Å². The van der Waals surface area contributed by atoms with Gasteiger partial charge in [-0.05, 0) is 47.5 Å². The van der Waals surface area contributed by atoms with Crippen LogP contribution in [0.1, 0.15) is 45.0 Å². The van der Waals surface area contributed by atoms with Gasteiger partial charge in [0.05, 0.1) is 23.6 Å². The van der Waals surface area contributed by atoms with Gasteiger partial charge in [-0.3, -0.25) is 14.4 Å². The monoisotopic (exact) mass is 365 g/mol. The Bertz CT molecular complexity index is 655. The van der Waals surface area contributed by atoms with E-state index in [0.717, 1.165) is 43.0 Å². The highest BCUT2D eigenvalue weighted by atomic mass is 16.6. The third-order valence-corrected chi connectivity index (χ3v) is 4.45. The molecule has 2 heterocycles. The fourth-order valence-electron chi connectivity index (χ4n) is 3.05. The van der Waals surface area contributed by atoms with Gasteiger partial charge in [-0.1, -0.05) is 0 Å². The van der Waals surface area contributed by atoms with E-state index in [1.165, 1.54) is 0 Å². The minimum absolute atomic E-state index is 0.0391. The van der Waals surface area contributed by atoms with Crippen LogP contribution in [0, 0.1) is 13.8 Å². The van der Waals surface area contributed by atoms with Gasteiger partial charge in [0, 0.05) is 26.2 Å². The van der Waals surface area contributed by atoms with Crippen molar-refractivity contribution in [1.82, 2.24) is 20.0 Å². The normalized spacial score (nSPS) is 16.4. The Kier molecular flexibility index (Phi) is 6.28. The van der Waals surface area contributed by atoms with E-state index in [1.54, 1.807) is 4.68 Å². The number of nitrogens with zero attached hydrogens (tertiary/aromatic N) is 3. The number of rotatable bonds is 4. The van der Waals surface area contributed by atoms with Crippen LogP contribution >= 0.6 is 0 Å². The zero-order chi connectivity index (χ0) is 19.5. The number of amides is 2. The van der Waals surface area contributed by atoms with Crippen molar-refractivity contribution in [3.8, 4) is 0 Å². The van der Waals surface area contributed by atoms with Crippen LogP contribution in [0.5, 0.6) is 0 Å². The molecule has 0 unspecified atom stereocenters. The predicted octanol–water partition coefficient (Wildman–Crippen LogP) is 1.96. The third kappa shape index (κ3) is 5.72. The summed E-state index contributed by atoms with van der Waals surface area (Å²) < 4.78 is 7.05. The number of ether oxygens (including phenoxy) is 1. The molecule has 0 spiro atoms. The Balaban J connectivity index is 1.76. The van der Waals surface area contributed by atoms with Crippen molar-refractivity contribution >= 4 is 17.7 Å². The maximum Gasteiger partial charge on any atom is 0.407 e. The fourth-order valence-corrected chi connectivity index (χ4v) is 3.05. The number of likely N-dealkylation sites (tertiary alicyclic amines) is 1. The minimum atomic E-state index is -0.495. The van der Waals surface area contributed by atoms with Gasteiger partial charge in [0.25, 0.3) is 0 Å². The second-order valence-corrected chi connectivity index (χ2v) is 7.91. The van der Waals surface area contributed by atoms with Crippen LogP contribution in [0.2, 0.25) is 0 Å². The summed E-state index contributed by atoms with van der Waals surface area (Å²) in [4.78, 5) is 26.3. The lowest BCUT2D eigenvalue weighted by Crippen LogP contribution is -2.47. The highest BCUT2D eigenvalue weighted by molar-refractivity contribution is 5.93. The summed E-state index contributed by atoms with van der Waals surface area (Å²) in [6.07, 6.45) is 1.23. The van der Waals surface area contributed by atoms with E-state index >= 15 is 0 Å². The number of aromatic nitrogens is 2. The molecule has 146 valence electrons. The average Bonchev–Trinajstić information content (AvgIpc) is 2.74. The van der Waals surface area contributed by atoms with Crippen molar-refractivity contribution in [3.05, 3.63) is 11.4 Å². The maximum atomic E-state index is 12.3. The number of aryl methyl sites for hydroxylation is 2. The molecule has 2 amide bonds. The zero-order valence-corrected chi connectivity index (χ0v) is 16.7. The van der Waals surface area contributed by atoms with E-state index < -0.39 is 5.60 Å². The molecule has 8 heteroatoms. The molecule has 0 bridgehead atoms. The summed E-state index contributed by atoms with van der Waals surface area (Å²) in [5.74, 6) is -0.0391. The van der Waals surface area contributed by atoms with E-state index in [-0.39, 0.29) is 18.0 Å². The van der Waals surface area contributed by atoms with Gasteiger partial charge in [-0.2, -0.15) is 5.10 Å². The van der Waals surface area contributed by atoms with Crippen LogP contribution in [-0.2, 0) is 16.6 Å². The Hall–Kier alpha value is -2.09. The first-order valence-corrected chi connectivity index (χ1v) is 9.07. The quantitative estimate of drug-likeness (QED) is 0.852. The molecule has 0 aliphatic carbocycles. The van der Waals surface area contributed by atoms with E-state index in [9.17, 15) is 9.59 Å². The van der Waals surface area contributed by atoms with Crippen LogP contribution in [0.25, 0.3) is 0 Å². The van der Waals surface area contributed by atoms with Gasteiger partial charge in [-0.25, -0.2) is 4.79 Å². The molecular formula is C18H31N5O3. The minimum Gasteiger partial charge on any atom is -0.444 e. The van der Waals surface area contributed by atoms with Crippen molar-refractivity contribution in [3.63, 3.8) is 0 Å². The topological polar surface area (TPSA) is 88.5 Å². The first-order valence-electron chi connectivity index (χ1n) is 9.07. The summed E-state index contributed by atoms with van der Waals surface area (Å²) in [7, 11) is 1.86. The average molecular weight is 365 g/mol. The maximum absolute atomic E-state index is 12.3. The molecular weight excluding hydrogens is 334 g/mol. The molecule has 2 N–H and O–H groups in total. The SMILES string of the molecule is Cc1nn(C)c(C)c1NC(=O)CN1CCC(NC(=O)OC(C)(C)C)CC1. The van der Waals surface area contributed by atoms with Crippen molar-refractivity contribution in [2.75, 3.05) is 25.0 Å². The molecule has 0 atom stereocenters.